The number of aromatic nitrogens is 1. The van der Waals surface area contributed by atoms with Gasteiger partial charge in [0.2, 0.25) is 0 Å². The van der Waals surface area contributed by atoms with Gasteiger partial charge >= 0.3 is 0 Å². The van der Waals surface area contributed by atoms with Crippen LogP contribution in [0.5, 0.6) is 0 Å². The van der Waals surface area contributed by atoms with Crippen molar-refractivity contribution >= 4 is 23.2 Å². The highest BCUT2D eigenvalue weighted by Gasteiger charge is 2.22. The van der Waals surface area contributed by atoms with Crippen LogP contribution < -0.4 is 0 Å². The van der Waals surface area contributed by atoms with E-state index in [2.05, 4.69) is 5.16 Å². The van der Waals surface area contributed by atoms with Crippen molar-refractivity contribution in [3.05, 3.63) is 39.6 Å². The molecule has 0 unspecified atom stereocenters. The van der Waals surface area contributed by atoms with Crippen LogP contribution in [-0.4, -0.2) is 16.9 Å². The third-order valence-corrected chi connectivity index (χ3v) is 3.76. The summed E-state index contributed by atoms with van der Waals surface area (Å²) >= 11 is 12.5. The summed E-state index contributed by atoms with van der Waals surface area (Å²) in [6.07, 6.45) is 1.33. The molecule has 1 aromatic carbocycles. The van der Waals surface area contributed by atoms with E-state index < -0.39 is 0 Å². The van der Waals surface area contributed by atoms with E-state index in [0.717, 1.165) is 11.3 Å². The fourth-order valence-electron chi connectivity index (χ4n) is 2.19. The molecule has 2 rings (SSSR count). The second-order valence-corrected chi connectivity index (χ2v) is 5.77. The van der Waals surface area contributed by atoms with E-state index >= 15 is 0 Å². The first-order valence-electron chi connectivity index (χ1n) is 6.60. The van der Waals surface area contributed by atoms with Gasteiger partial charge in [-0.25, -0.2) is 0 Å². The minimum atomic E-state index is 0.123. The zero-order valence-corrected chi connectivity index (χ0v) is 13.0. The minimum absolute atomic E-state index is 0.123. The van der Waals surface area contributed by atoms with Crippen molar-refractivity contribution < 1.29 is 9.63 Å². The fraction of sp³-hybridized carbons (Fsp3) is 0.400. The second kappa shape index (κ2) is 6.61. The first-order valence-corrected chi connectivity index (χ1v) is 7.35. The molecule has 20 heavy (non-hydrogen) atoms. The molecule has 108 valence electrons. The highest BCUT2D eigenvalue weighted by molar-refractivity contribution is 6.39. The molecule has 0 aliphatic rings. The van der Waals surface area contributed by atoms with Gasteiger partial charge in [0.05, 0.1) is 10.0 Å². The lowest BCUT2D eigenvalue weighted by atomic mass is 9.97. The van der Waals surface area contributed by atoms with Gasteiger partial charge in [-0.15, -0.1) is 0 Å². The maximum Gasteiger partial charge on any atom is 0.143 e. The Labute approximate surface area is 128 Å². The molecule has 0 spiro atoms. The quantitative estimate of drug-likeness (QED) is 0.870. The Balaban J connectivity index is 2.56. The highest BCUT2D eigenvalue weighted by Crippen LogP contribution is 2.38. The zero-order valence-electron chi connectivity index (χ0n) is 11.5. The minimum Gasteiger partial charge on any atom is -0.396 e. The smallest absolute Gasteiger partial charge is 0.143 e. The predicted molar refractivity (Wildman–Crippen MR) is 81.5 cm³/mol. The van der Waals surface area contributed by atoms with Crippen molar-refractivity contribution in [2.24, 2.45) is 0 Å². The summed E-state index contributed by atoms with van der Waals surface area (Å²) in [5.74, 6) is 1.04. The van der Waals surface area contributed by atoms with Gasteiger partial charge in [0, 0.05) is 23.7 Å². The lowest BCUT2D eigenvalue weighted by Crippen LogP contribution is -1.97. The van der Waals surface area contributed by atoms with Crippen molar-refractivity contribution in [2.75, 3.05) is 6.61 Å². The van der Waals surface area contributed by atoms with Crippen LogP contribution in [0.25, 0.3) is 11.3 Å². The van der Waals surface area contributed by atoms with Gasteiger partial charge in [0.1, 0.15) is 11.5 Å². The molecule has 1 aromatic heterocycles. The fourth-order valence-corrected chi connectivity index (χ4v) is 2.77. The van der Waals surface area contributed by atoms with Crippen LogP contribution in [-0.2, 0) is 6.42 Å². The van der Waals surface area contributed by atoms with Gasteiger partial charge in [0.25, 0.3) is 0 Å². The second-order valence-electron chi connectivity index (χ2n) is 4.95. The number of hydrogen-bond acceptors (Lipinski definition) is 3. The maximum atomic E-state index is 9.06. The number of aliphatic hydroxyl groups excluding tert-OH is 1. The van der Waals surface area contributed by atoms with Crippen LogP contribution in [0.3, 0.4) is 0 Å². The topological polar surface area (TPSA) is 46.3 Å². The Morgan fingerprint density at radius 3 is 2.45 bits per heavy atom. The number of rotatable bonds is 5. The van der Waals surface area contributed by atoms with E-state index in [4.69, 9.17) is 32.8 Å². The zero-order chi connectivity index (χ0) is 14.7. The first-order chi connectivity index (χ1) is 9.56. The van der Waals surface area contributed by atoms with E-state index in [1.807, 2.05) is 13.8 Å². The summed E-state index contributed by atoms with van der Waals surface area (Å²) < 4.78 is 5.47. The molecule has 0 saturated carbocycles. The van der Waals surface area contributed by atoms with E-state index in [1.54, 1.807) is 18.2 Å². The van der Waals surface area contributed by atoms with Crippen LogP contribution in [0, 0.1) is 0 Å². The number of hydrogen-bond donors (Lipinski definition) is 1. The Bertz CT molecular complexity index is 573. The monoisotopic (exact) mass is 313 g/mol. The molecule has 1 heterocycles. The van der Waals surface area contributed by atoms with Crippen LogP contribution in [0.2, 0.25) is 10.0 Å². The predicted octanol–water partition coefficient (Wildman–Crippen LogP) is 4.70. The molecular formula is C15H17Cl2NO2. The van der Waals surface area contributed by atoms with Crippen molar-refractivity contribution in [3.63, 3.8) is 0 Å². The summed E-state index contributed by atoms with van der Waals surface area (Å²) in [6, 6.07) is 5.36. The summed E-state index contributed by atoms with van der Waals surface area (Å²) in [4.78, 5) is 0. The Morgan fingerprint density at radius 2 is 1.90 bits per heavy atom. The molecule has 0 saturated heterocycles. The summed E-state index contributed by atoms with van der Waals surface area (Å²) in [6.45, 7) is 4.21. The van der Waals surface area contributed by atoms with E-state index in [-0.39, 0.29) is 12.5 Å². The molecule has 5 heteroatoms. The molecule has 2 aromatic rings. The van der Waals surface area contributed by atoms with Crippen molar-refractivity contribution in [1.29, 1.82) is 0 Å². The van der Waals surface area contributed by atoms with Gasteiger partial charge in [-0.05, 0) is 25.0 Å². The van der Waals surface area contributed by atoms with Gasteiger partial charge in [-0.2, -0.15) is 0 Å². The number of halogens is 2. The number of benzene rings is 1. The van der Waals surface area contributed by atoms with E-state index in [1.165, 1.54) is 0 Å². The van der Waals surface area contributed by atoms with Crippen molar-refractivity contribution in [3.8, 4) is 11.3 Å². The molecule has 0 fully saturated rings. The maximum absolute atomic E-state index is 9.06. The van der Waals surface area contributed by atoms with Gasteiger partial charge in [-0.1, -0.05) is 48.3 Å². The third kappa shape index (κ3) is 3.00. The molecule has 0 amide bonds. The van der Waals surface area contributed by atoms with Gasteiger partial charge < -0.3 is 9.63 Å². The van der Waals surface area contributed by atoms with Gasteiger partial charge in [-0.3, -0.25) is 0 Å². The summed E-state index contributed by atoms with van der Waals surface area (Å²) in [7, 11) is 0. The summed E-state index contributed by atoms with van der Waals surface area (Å²) in [5.41, 5.74) is 2.35. The highest BCUT2D eigenvalue weighted by atomic mass is 35.5. The molecule has 0 radical (unpaired) electrons. The first kappa shape index (κ1) is 15.4. The van der Waals surface area contributed by atoms with E-state index in [0.29, 0.717) is 34.1 Å². The molecule has 0 bridgehead atoms. The molecule has 3 nitrogen and oxygen atoms in total. The standard InChI is InChI=1S/C15H17Cl2NO2/c1-9(2)15-10(5-4-8-19)14(18-20-15)13-11(16)6-3-7-12(13)17/h3,6-7,9,19H,4-5,8H2,1-2H3. The van der Waals surface area contributed by atoms with Crippen LogP contribution in [0.15, 0.2) is 22.7 Å². The van der Waals surface area contributed by atoms with Crippen molar-refractivity contribution in [1.82, 2.24) is 5.16 Å². The molecule has 1 N–H and O–H groups in total. The average Bonchev–Trinajstić information content (AvgIpc) is 2.80. The van der Waals surface area contributed by atoms with Gasteiger partial charge in [0.15, 0.2) is 0 Å². The number of aliphatic hydroxyl groups is 1. The molecule has 0 aliphatic heterocycles. The number of nitrogens with zero attached hydrogens (tertiary/aromatic N) is 1. The lowest BCUT2D eigenvalue weighted by Gasteiger charge is -2.08. The SMILES string of the molecule is CC(C)c1onc(-c2c(Cl)cccc2Cl)c1CCCO. The van der Waals surface area contributed by atoms with Crippen LogP contribution >= 0.6 is 23.2 Å². The molecule has 0 atom stereocenters. The Morgan fingerprint density at radius 1 is 1.25 bits per heavy atom. The molecule has 0 aliphatic carbocycles. The van der Waals surface area contributed by atoms with Crippen LogP contribution in [0.1, 0.15) is 37.5 Å². The summed E-state index contributed by atoms with van der Waals surface area (Å²) in [5, 5.41) is 14.3. The van der Waals surface area contributed by atoms with Crippen LogP contribution in [0.4, 0.5) is 0 Å². The largest absolute Gasteiger partial charge is 0.396 e. The Hall–Kier alpha value is -1.03. The normalized spacial score (nSPS) is 11.3. The van der Waals surface area contributed by atoms with Crippen molar-refractivity contribution in [2.45, 2.75) is 32.6 Å². The van der Waals surface area contributed by atoms with E-state index in [9.17, 15) is 0 Å². The lowest BCUT2D eigenvalue weighted by molar-refractivity contribution is 0.288. The average molecular weight is 314 g/mol. The molecular weight excluding hydrogens is 297 g/mol. The third-order valence-electron chi connectivity index (χ3n) is 3.13. The Kier molecular flexibility index (Phi) is 5.08.